The van der Waals surface area contributed by atoms with Gasteiger partial charge in [0.1, 0.15) is 16.0 Å². The highest BCUT2D eigenvalue weighted by atomic mass is 79.9. The van der Waals surface area contributed by atoms with Crippen molar-refractivity contribution in [3.05, 3.63) is 68.1 Å². The molecule has 0 heterocycles. The Labute approximate surface area is 203 Å². The van der Waals surface area contributed by atoms with E-state index >= 15 is 0 Å². The quantitative estimate of drug-likeness (QED) is 0.370. The number of aliphatic carboxylic acids is 1. The minimum Gasteiger partial charge on any atom is -0.495 e. The summed E-state index contributed by atoms with van der Waals surface area (Å²) in [6, 6.07) is 12.2. The molecular formula is C23H20BrCl2NO5. The summed E-state index contributed by atoms with van der Waals surface area (Å²) in [6.07, 6.45) is -0.192. The molecule has 0 saturated heterocycles. The Bertz CT molecular complexity index is 1180. The Morgan fingerprint density at radius 1 is 1.03 bits per heavy atom. The Hall–Kier alpha value is -2.48. The highest BCUT2D eigenvalue weighted by molar-refractivity contribution is 9.10. The molecule has 32 heavy (non-hydrogen) atoms. The minimum absolute atomic E-state index is 0.0736. The van der Waals surface area contributed by atoms with E-state index in [1.807, 2.05) is 18.2 Å². The Morgan fingerprint density at radius 3 is 2.28 bits per heavy atom. The van der Waals surface area contributed by atoms with E-state index in [2.05, 4.69) is 21.2 Å². The minimum atomic E-state index is -0.995. The maximum absolute atomic E-state index is 13.3. The van der Waals surface area contributed by atoms with Crippen LogP contribution in [0.4, 0.5) is 0 Å². The molecule has 0 aliphatic carbocycles. The number of nitrogens with one attached hydrogen (secondary N) is 1. The predicted molar refractivity (Wildman–Crippen MR) is 129 cm³/mol. The van der Waals surface area contributed by atoms with Gasteiger partial charge in [-0.2, -0.15) is 0 Å². The van der Waals surface area contributed by atoms with E-state index in [0.717, 1.165) is 5.39 Å². The summed E-state index contributed by atoms with van der Waals surface area (Å²) >= 11 is 15.6. The fourth-order valence-corrected chi connectivity index (χ4v) is 4.60. The summed E-state index contributed by atoms with van der Waals surface area (Å²) in [5.74, 6) is -1.04. The van der Waals surface area contributed by atoms with Crippen molar-refractivity contribution in [2.24, 2.45) is 0 Å². The number of halogens is 3. The summed E-state index contributed by atoms with van der Waals surface area (Å²) < 4.78 is 11.5. The van der Waals surface area contributed by atoms with Gasteiger partial charge in [-0.3, -0.25) is 9.59 Å². The summed E-state index contributed by atoms with van der Waals surface area (Å²) in [5, 5.41) is 14.3. The third-order valence-corrected chi connectivity index (χ3v) is 6.51. The van der Waals surface area contributed by atoms with Gasteiger partial charge >= 0.3 is 5.97 Å². The number of ether oxygens (including phenoxy) is 2. The van der Waals surface area contributed by atoms with Crippen LogP contribution in [0.5, 0.6) is 11.5 Å². The molecule has 0 aliphatic heterocycles. The van der Waals surface area contributed by atoms with Crippen LogP contribution in [0.15, 0.2) is 46.9 Å². The van der Waals surface area contributed by atoms with Crippen LogP contribution in [0.3, 0.4) is 0 Å². The standard InChI is InChI=1S/C23H20BrCl2NO5/c1-31-21-15-6-4-3-5-14(15)19(22(32-2)20(21)24)23(30)27-11-13(10-18(28)29)12-7-8-16(25)17(26)9-12/h3-9,13H,10-11H2,1-2H3,(H,27,30)(H,28,29)/t13-/m1/s1. The normalized spacial score (nSPS) is 11.8. The fourth-order valence-electron chi connectivity index (χ4n) is 3.56. The first-order valence-electron chi connectivity index (χ1n) is 9.55. The number of carboxylic acid groups (broad SMARTS) is 1. The molecule has 1 amide bonds. The zero-order valence-corrected chi connectivity index (χ0v) is 20.3. The van der Waals surface area contributed by atoms with Gasteiger partial charge in [0.2, 0.25) is 0 Å². The smallest absolute Gasteiger partial charge is 0.304 e. The summed E-state index contributed by atoms with van der Waals surface area (Å²) in [5.41, 5.74) is 0.980. The molecule has 0 radical (unpaired) electrons. The molecule has 2 N–H and O–H groups in total. The molecule has 0 unspecified atom stereocenters. The number of carbonyl (C=O) groups is 2. The number of hydrogen-bond acceptors (Lipinski definition) is 4. The molecule has 168 valence electrons. The van der Waals surface area contributed by atoms with Crippen LogP contribution >= 0.6 is 39.1 Å². The zero-order valence-electron chi connectivity index (χ0n) is 17.2. The number of methoxy groups -OCH3 is 2. The SMILES string of the molecule is COc1c(Br)c(OC)c2ccccc2c1C(=O)NC[C@@H](CC(=O)O)c1ccc(Cl)c(Cl)c1. The Balaban J connectivity index is 1.98. The van der Waals surface area contributed by atoms with Gasteiger partial charge in [0.05, 0.1) is 36.2 Å². The molecule has 0 aromatic heterocycles. The number of benzene rings is 3. The van der Waals surface area contributed by atoms with Crippen LogP contribution < -0.4 is 14.8 Å². The first-order chi connectivity index (χ1) is 15.3. The molecule has 0 bridgehead atoms. The molecule has 3 aromatic carbocycles. The lowest BCUT2D eigenvalue weighted by Gasteiger charge is -2.20. The first-order valence-corrected chi connectivity index (χ1v) is 11.1. The van der Waals surface area contributed by atoms with Crippen LogP contribution in [0.25, 0.3) is 10.8 Å². The lowest BCUT2D eigenvalue weighted by Crippen LogP contribution is -2.30. The second kappa shape index (κ2) is 10.4. The van der Waals surface area contributed by atoms with Crippen molar-refractivity contribution in [2.75, 3.05) is 20.8 Å². The number of hydrogen-bond donors (Lipinski definition) is 2. The van der Waals surface area contributed by atoms with E-state index in [1.54, 1.807) is 31.4 Å². The van der Waals surface area contributed by atoms with Gasteiger partial charge in [0.15, 0.2) is 0 Å². The van der Waals surface area contributed by atoms with Gasteiger partial charge in [0, 0.05) is 23.2 Å². The first kappa shape index (κ1) is 24.2. The van der Waals surface area contributed by atoms with Gasteiger partial charge in [0.25, 0.3) is 5.91 Å². The third-order valence-electron chi connectivity index (χ3n) is 5.05. The van der Waals surface area contributed by atoms with Crippen LogP contribution in [-0.4, -0.2) is 37.7 Å². The third kappa shape index (κ3) is 4.95. The Kier molecular flexibility index (Phi) is 7.87. The van der Waals surface area contributed by atoms with E-state index < -0.39 is 17.8 Å². The van der Waals surface area contributed by atoms with Gasteiger partial charge in [-0.15, -0.1) is 0 Å². The molecule has 0 aliphatic rings. The van der Waals surface area contributed by atoms with Crippen molar-refractivity contribution in [2.45, 2.75) is 12.3 Å². The van der Waals surface area contributed by atoms with Crippen molar-refractivity contribution in [1.82, 2.24) is 5.32 Å². The number of carboxylic acids is 1. The second-order valence-electron chi connectivity index (χ2n) is 6.98. The van der Waals surface area contributed by atoms with Crippen molar-refractivity contribution in [3.63, 3.8) is 0 Å². The monoisotopic (exact) mass is 539 g/mol. The summed E-state index contributed by atoms with van der Waals surface area (Å²) in [6.45, 7) is 0.0736. The maximum atomic E-state index is 13.3. The van der Waals surface area contributed by atoms with E-state index in [1.165, 1.54) is 7.11 Å². The van der Waals surface area contributed by atoms with Gasteiger partial charge in [-0.25, -0.2) is 0 Å². The maximum Gasteiger partial charge on any atom is 0.304 e. The molecule has 6 nitrogen and oxygen atoms in total. The van der Waals surface area contributed by atoms with Crippen LogP contribution in [0, 0.1) is 0 Å². The molecule has 0 saturated carbocycles. The van der Waals surface area contributed by atoms with Crippen molar-refractivity contribution in [3.8, 4) is 11.5 Å². The summed E-state index contributed by atoms with van der Waals surface area (Å²) in [4.78, 5) is 24.7. The van der Waals surface area contributed by atoms with Crippen molar-refractivity contribution < 1.29 is 24.2 Å². The van der Waals surface area contributed by atoms with Crippen LogP contribution in [0.2, 0.25) is 10.0 Å². The zero-order chi connectivity index (χ0) is 23.4. The van der Waals surface area contributed by atoms with E-state index in [4.69, 9.17) is 32.7 Å². The number of amides is 1. The second-order valence-corrected chi connectivity index (χ2v) is 8.59. The number of carbonyl (C=O) groups excluding carboxylic acids is 1. The van der Waals surface area contributed by atoms with E-state index in [-0.39, 0.29) is 13.0 Å². The van der Waals surface area contributed by atoms with Gasteiger partial charge in [-0.1, -0.05) is 53.5 Å². The highest BCUT2D eigenvalue weighted by Gasteiger charge is 2.25. The van der Waals surface area contributed by atoms with Crippen molar-refractivity contribution >= 4 is 61.8 Å². The molecule has 3 aromatic rings. The predicted octanol–water partition coefficient (Wildman–Crippen LogP) is 5.91. The topological polar surface area (TPSA) is 84.9 Å². The van der Waals surface area contributed by atoms with E-state index in [0.29, 0.717) is 42.5 Å². The molecule has 0 fully saturated rings. The lowest BCUT2D eigenvalue weighted by molar-refractivity contribution is -0.137. The summed E-state index contributed by atoms with van der Waals surface area (Å²) in [7, 11) is 3.01. The van der Waals surface area contributed by atoms with Crippen LogP contribution in [-0.2, 0) is 4.79 Å². The fraction of sp³-hybridized carbons (Fsp3) is 0.217. The average molecular weight is 541 g/mol. The lowest BCUT2D eigenvalue weighted by atomic mass is 9.95. The van der Waals surface area contributed by atoms with Crippen molar-refractivity contribution in [1.29, 1.82) is 0 Å². The molecule has 3 rings (SSSR count). The van der Waals surface area contributed by atoms with Crippen LogP contribution in [0.1, 0.15) is 28.3 Å². The van der Waals surface area contributed by atoms with Gasteiger partial charge < -0.3 is 19.9 Å². The molecular weight excluding hydrogens is 521 g/mol. The number of fused-ring (bicyclic) bond motifs is 1. The number of rotatable bonds is 8. The Morgan fingerprint density at radius 2 is 1.69 bits per heavy atom. The largest absolute Gasteiger partial charge is 0.495 e. The highest BCUT2D eigenvalue weighted by Crippen LogP contribution is 2.44. The van der Waals surface area contributed by atoms with Gasteiger partial charge in [-0.05, 0) is 33.6 Å². The average Bonchev–Trinajstić information content (AvgIpc) is 2.77. The molecule has 9 heteroatoms. The van der Waals surface area contributed by atoms with E-state index in [9.17, 15) is 14.7 Å². The molecule has 0 spiro atoms. The molecule has 1 atom stereocenters.